The molecule has 0 aliphatic carbocycles. The molecule has 2 rings (SSSR count). The van der Waals surface area contributed by atoms with Crippen LogP contribution in [0.15, 0.2) is 0 Å². The number of carbonyl (C=O) groups is 1. The Morgan fingerprint density at radius 2 is 1.95 bits per heavy atom. The van der Waals surface area contributed by atoms with E-state index in [0.717, 1.165) is 45.7 Å². The van der Waals surface area contributed by atoms with Crippen molar-refractivity contribution >= 4 is 6.03 Å². The first kappa shape index (κ1) is 15.6. The molecule has 1 atom stereocenters. The lowest BCUT2D eigenvalue weighted by molar-refractivity contribution is 0.142. The number of rotatable bonds is 4. The minimum Gasteiger partial charge on any atom is -0.325 e. The normalized spacial score (nSPS) is 24.2. The van der Waals surface area contributed by atoms with Crippen LogP contribution in [-0.2, 0) is 0 Å². The van der Waals surface area contributed by atoms with E-state index >= 15 is 0 Å². The topological polar surface area (TPSA) is 35.6 Å². The molecule has 4 nitrogen and oxygen atoms in total. The highest BCUT2D eigenvalue weighted by Gasteiger charge is 2.24. The number of nitrogens with zero attached hydrogens (tertiary/aromatic N) is 2. The number of nitrogens with one attached hydrogen (secondary N) is 1. The molecule has 2 saturated heterocycles. The summed E-state index contributed by atoms with van der Waals surface area (Å²) in [7, 11) is 0. The minimum absolute atomic E-state index is 0.291. The Balaban J connectivity index is 1.89. The van der Waals surface area contributed by atoms with Gasteiger partial charge in [-0.3, -0.25) is 0 Å². The highest BCUT2D eigenvalue weighted by Crippen LogP contribution is 2.16. The summed E-state index contributed by atoms with van der Waals surface area (Å²) in [6.45, 7) is 8.16. The molecule has 4 heteroatoms. The van der Waals surface area contributed by atoms with Gasteiger partial charge >= 0.3 is 6.03 Å². The van der Waals surface area contributed by atoms with Crippen molar-refractivity contribution in [3.05, 3.63) is 0 Å². The zero-order valence-corrected chi connectivity index (χ0v) is 13.1. The molecule has 0 bridgehead atoms. The summed E-state index contributed by atoms with van der Waals surface area (Å²) in [6.07, 6.45) is 8.49. The third kappa shape index (κ3) is 4.65. The van der Waals surface area contributed by atoms with Gasteiger partial charge in [0.1, 0.15) is 0 Å². The fraction of sp³-hybridized carbons (Fsp3) is 0.938. The van der Waals surface area contributed by atoms with E-state index in [1.165, 1.54) is 38.5 Å². The zero-order valence-electron chi connectivity index (χ0n) is 13.1. The smallest absolute Gasteiger partial charge is 0.320 e. The monoisotopic (exact) mass is 281 g/mol. The van der Waals surface area contributed by atoms with Gasteiger partial charge in [0.15, 0.2) is 0 Å². The van der Waals surface area contributed by atoms with E-state index in [9.17, 15) is 4.79 Å². The van der Waals surface area contributed by atoms with E-state index in [-0.39, 0.29) is 0 Å². The summed E-state index contributed by atoms with van der Waals surface area (Å²) in [5, 5.41) is 3.46. The molecule has 0 spiro atoms. The lowest BCUT2D eigenvalue weighted by Crippen LogP contribution is -2.47. The van der Waals surface area contributed by atoms with Crippen LogP contribution in [-0.4, -0.2) is 55.1 Å². The Bertz CT molecular complexity index is 281. The van der Waals surface area contributed by atoms with Crippen LogP contribution in [0.3, 0.4) is 0 Å². The van der Waals surface area contributed by atoms with Gasteiger partial charge in [-0.25, -0.2) is 4.79 Å². The van der Waals surface area contributed by atoms with Gasteiger partial charge in [0.2, 0.25) is 0 Å². The predicted octanol–water partition coefficient (Wildman–Crippen LogP) is 2.69. The van der Waals surface area contributed by atoms with Gasteiger partial charge in [0.25, 0.3) is 0 Å². The molecule has 2 amide bonds. The van der Waals surface area contributed by atoms with Crippen LogP contribution >= 0.6 is 0 Å². The fourth-order valence-corrected chi connectivity index (χ4v) is 3.39. The van der Waals surface area contributed by atoms with Gasteiger partial charge < -0.3 is 15.1 Å². The predicted molar refractivity (Wildman–Crippen MR) is 82.9 cm³/mol. The van der Waals surface area contributed by atoms with Crippen molar-refractivity contribution in [2.75, 3.05) is 39.3 Å². The number of piperidine rings is 1. The lowest BCUT2D eigenvalue weighted by Gasteiger charge is -2.34. The quantitative estimate of drug-likeness (QED) is 0.860. The van der Waals surface area contributed by atoms with Crippen LogP contribution in [0.1, 0.15) is 51.9 Å². The van der Waals surface area contributed by atoms with E-state index in [2.05, 4.69) is 22.0 Å². The van der Waals surface area contributed by atoms with Crippen molar-refractivity contribution in [3.63, 3.8) is 0 Å². The van der Waals surface area contributed by atoms with Crippen LogP contribution in [0.25, 0.3) is 0 Å². The van der Waals surface area contributed by atoms with E-state index in [1.807, 2.05) is 0 Å². The number of carbonyl (C=O) groups excluding carboxylic acids is 1. The van der Waals surface area contributed by atoms with Crippen molar-refractivity contribution in [1.82, 2.24) is 15.1 Å². The molecule has 1 unspecified atom stereocenters. The number of hydrogen-bond acceptors (Lipinski definition) is 2. The van der Waals surface area contributed by atoms with Crippen LogP contribution in [0.5, 0.6) is 0 Å². The average Bonchev–Trinajstić information content (AvgIpc) is 2.76. The molecular formula is C16H31N3O. The number of amides is 2. The number of urea groups is 1. The fourth-order valence-electron chi connectivity index (χ4n) is 3.39. The molecule has 0 aromatic heterocycles. The molecule has 0 radical (unpaired) electrons. The van der Waals surface area contributed by atoms with Crippen LogP contribution in [0.2, 0.25) is 0 Å². The summed E-state index contributed by atoms with van der Waals surface area (Å²) in [5.41, 5.74) is 0. The molecule has 0 aromatic carbocycles. The van der Waals surface area contributed by atoms with Crippen molar-refractivity contribution in [1.29, 1.82) is 0 Å². The van der Waals surface area contributed by atoms with E-state index in [0.29, 0.717) is 11.9 Å². The van der Waals surface area contributed by atoms with Gasteiger partial charge in [0.05, 0.1) is 0 Å². The summed E-state index contributed by atoms with van der Waals surface area (Å²) < 4.78 is 0. The van der Waals surface area contributed by atoms with Crippen LogP contribution in [0, 0.1) is 5.92 Å². The van der Waals surface area contributed by atoms with E-state index in [4.69, 9.17) is 0 Å². The summed E-state index contributed by atoms with van der Waals surface area (Å²) >= 11 is 0. The number of hydrogen-bond donors (Lipinski definition) is 1. The first-order valence-corrected chi connectivity index (χ1v) is 8.56. The Morgan fingerprint density at radius 1 is 1.20 bits per heavy atom. The second-order valence-electron chi connectivity index (χ2n) is 6.34. The van der Waals surface area contributed by atoms with Crippen LogP contribution < -0.4 is 5.32 Å². The second kappa shape index (κ2) is 8.50. The Morgan fingerprint density at radius 3 is 2.55 bits per heavy atom. The first-order chi connectivity index (χ1) is 9.81. The largest absolute Gasteiger partial charge is 0.325 e. The SMILES string of the molecule is CCCN(CC1CCCNC1)C(=O)N1CCCCCC1. The Hall–Kier alpha value is -0.770. The average molecular weight is 281 g/mol. The van der Waals surface area contributed by atoms with Gasteiger partial charge in [-0.2, -0.15) is 0 Å². The van der Waals surface area contributed by atoms with Crippen molar-refractivity contribution < 1.29 is 4.79 Å². The maximum atomic E-state index is 12.7. The summed E-state index contributed by atoms with van der Waals surface area (Å²) in [6, 6.07) is 0.291. The van der Waals surface area contributed by atoms with E-state index < -0.39 is 0 Å². The highest BCUT2D eigenvalue weighted by molar-refractivity contribution is 5.74. The molecule has 20 heavy (non-hydrogen) atoms. The lowest BCUT2D eigenvalue weighted by atomic mass is 9.99. The molecule has 1 N–H and O–H groups in total. The van der Waals surface area contributed by atoms with Gasteiger partial charge in [0, 0.05) is 26.2 Å². The van der Waals surface area contributed by atoms with Gasteiger partial charge in [-0.05, 0) is 51.1 Å². The third-order valence-electron chi connectivity index (χ3n) is 4.52. The third-order valence-corrected chi connectivity index (χ3v) is 4.52. The summed E-state index contributed by atoms with van der Waals surface area (Å²) in [5.74, 6) is 0.645. The second-order valence-corrected chi connectivity index (χ2v) is 6.34. The highest BCUT2D eigenvalue weighted by atomic mass is 16.2. The first-order valence-electron chi connectivity index (χ1n) is 8.56. The minimum atomic E-state index is 0.291. The molecule has 0 aromatic rings. The molecule has 2 aliphatic rings. The number of likely N-dealkylation sites (tertiary alicyclic amines) is 1. The molecular weight excluding hydrogens is 250 g/mol. The Kier molecular flexibility index (Phi) is 6.64. The standard InChI is InChI=1S/C16H31N3O/c1-2-10-19(14-15-8-7-9-17-13-15)16(20)18-11-5-3-4-6-12-18/h15,17H,2-14H2,1H3. The van der Waals surface area contributed by atoms with Crippen molar-refractivity contribution in [3.8, 4) is 0 Å². The molecule has 0 saturated carbocycles. The molecule has 2 aliphatic heterocycles. The van der Waals surface area contributed by atoms with Gasteiger partial charge in [-0.15, -0.1) is 0 Å². The van der Waals surface area contributed by atoms with Crippen LogP contribution in [0.4, 0.5) is 4.79 Å². The Labute approximate surface area is 123 Å². The van der Waals surface area contributed by atoms with E-state index in [1.54, 1.807) is 0 Å². The summed E-state index contributed by atoms with van der Waals surface area (Å²) in [4.78, 5) is 17.0. The maximum absolute atomic E-state index is 12.7. The molecule has 116 valence electrons. The zero-order chi connectivity index (χ0) is 14.2. The van der Waals surface area contributed by atoms with Crippen molar-refractivity contribution in [2.45, 2.75) is 51.9 Å². The molecule has 2 fully saturated rings. The van der Waals surface area contributed by atoms with Gasteiger partial charge in [-0.1, -0.05) is 19.8 Å². The molecule has 2 heterocycles. The van der Waals surface area contributed by atoms with Crippen molar-refractivity contribution in [2.24, 2.45) is 5.92 Å². The maximum Gasteiger partial charge on any atom is 0.320 e.